The molecule has 6 heteroatoms. The van der Waals surface area contributed by atoms with Gasteiger partial charge in [0.2, 0.25) is 0 Å². The number of aryl methyl sites for hydroxylation is 2. The molecule has 2 N–H and O–H groups in total. The Balaban J connectivity index is 0.00000243. The van der Waals surface area contributed by atoms with Gasteiger partial charge in [-0.05, 0) is 39.2 Å². The third kappa shape index (κ3) is 5.42. The van der Waals surface area contributed by atoms with Gasteiger partial charge in [-0.3, -0.25) is 4.99 Å². The number of hydrogen-bond donors (Lipinski definition) is 2. The molecule has 142 valence electrons. The van der Waals surface area contributed by atoms with Gasteiger partial charge in [0.15, 0.2) is 5.96 Å². The minimum Gasteiger partial charge on any atom is -0.357 e. The molecule has 0 radical (unpaired) electrons. The number of aromatic nitrogens is 1. The molecule has 0 spiro atoms. The van der Waals surface area contributed by atoms with Crippen molar-refractivity contribution < 1.29 is 0 Å². The van der Waals surface area contributed by atoms with E-state index in [0.717, 1.165) is 42.7 Å². The summed E-state index contributed by atoms with van der Waals surface area (Å²) in [6.07, 6.45) is 3.46. The highest BCUT2D eigenvalue weighted by atomic mass is 127. The summed E-state index contributed by atoms with van der Waals surface area (Å²) >= 11 is 1.79. The van der Waals surface area contributed by atoms with E-state index in [4.69, 9.17) is 4.99 Å². The van der Waals surface area contributed by atoms with Crippen LogP contribution in [0.3, 0.4) is 0 Å². The second kappa shape index (κ2) is 9.69. The Morgan fingerprint density at radius 1 is 1.19 bits per heavy atom. The summed E-state index contributed by atoms with van der Waals surface area (Å²) in [5.74, 6) is 0.920. The molecule has 4 nitrogen and oxygen atoms in total. The van der Waals surface area contributed by atoms with Crippen molar-refractivity contribution in [3.8, 4) is 0 Å². The lowest BCUT2D eigenvalue weighted by atomic mass is 9.96. The molecular formula is C20H29IN4S. The van der Waals surface area contributed by atoms with Crippen LogP contribution >= 0.6 is 35.3 Å². The second-order valence-corrected chi connectivity index (χ2v) is 8.05. The molecule has 1 aromatic heterocycles. The fourth-order valence-corrected chi connectivity index (χ4v) is 4.09. The molecule has 0 aliphatic heterocycles. The molecule has 1 aliphatic rings. The van der Waals surface area contributed by atoms with Crippen LogP contribution in [0.15, 0.2) is 35.3 Å². The molecule has 0 unspecified atom stereocenters. The first kappa shape index (κ1) is 21.2. The smallest absolute Gasteiger partial charge is 0.191 e. The molecule has 1 aromatic carbocycles. The van der Waals surface area contributed by atoms with Crippen molar-refractivity contribution in [1.29, 1.82) is 0 Å². The Bertz CT molecular complexity index is 723. The number of nitrogens with one attached hydrogen (secondary N) is 2. The van der Waals surface area contributed by atoms with Crippen LogP contribution in [0.1, 0.15) is 40.9 Å². The summed E-state index contributed by atoms with van der Waals surface area (Å²) in [4.78, 5) is 10.7. The first-order valence-electron chi connectivity index (χ1n) is 9.13. The number of benzene rings is 1. The quantitative estimate of drug-likeness (QED) is 0.352. The number of rotatable bonds is 7. The largest absolute Gasteiger partial charge is 0.357 e. The number of hydrogen-bond acceptors (Lipinski definition) is 3. The van der Waals surface area contributed by atoms with E-state index in [1.54, 1.807) is 11.3 Å². The maximum atomic E-state index is 4.87. The van der Waals surface area contributed by atoms with Crippen LogP contribution < -0.4 is 10.6 Å². The third-order valence-electron chi connectivity index (χ3n) is 4.77. The van der Waals surface area contributed by atoms with Gasteiger partial charge < -0.3 is 10.6 Å². The number of thiazole rings is 1. The van der Waals surface area contributed by atoms with Crippen molar-refractivity contribution >= 4 is 41.3 Å². The normalized spacial score (nSPS) is 15.3. The number of guanidine groups is 1. The van der Waals surface area contributed by atoms with Gasteiger partial charge in [0.05, 0.1) is 17.2 Å². The first-order valence-corrected chi connectivity index (χ1v) is 9.95. The van der Waals surface area contributed by atoms with Crippen molar-refractivity contribution in [2.24, 2.45) is 4.99 Å². The monoisotopic (exact) mass is 484 g/mol. The highest BCUT2D eigenvalue weighted by Gasteiger charge is 2.43. The van der Waals surface area contributed by atoms with Gasteiger partial charge in [-0.1, -0.05) is 30.3 Å². The molecule has 0 atom stereocenters. The third-order valence-corrected chi connectivity index (χ3v) is 5.90. The molecule has 0 amide bonds. The highest BCUT2D eigenvalue weighted by Crippen LogP contribution is 2.48. The summed E-state index contributed by atoms with van der Waals surface area (Å²) in [6, 6.07) is 10.8. The maximum absolute atomic E-state index is 4.87. The Labute approximate surface area is 177 Å². The van der Waals surface area contributed by atoms with E-state index >= 15 is 0 Å². The first-order chi connectivity index (χ1) is 12.1. The summed E-state index contributed by atoms with van der Waals surface area (Å²) in [7, 11) is 0. The zero-order valence-electron chi connectivity index (χ0n) is 15.8. The number of nitrogens with zero attached hydrogens (tertiary/aromatic N) is 2. The summed E-state index contributed by atoms with van der Waals surface area (Å²) < 4.78 is 0. The number of aliphatic imine (C=N–C) groups is 1. The Hall–Kier alpha value is -1.15. The van der Waals surface area contributed by atoms with Gasteiger partial charge in [0.25, 0.3) is 0 Å². The van der Waals surface area contributed by atoms with Gasteiger partial charge in [-0.15, -0.1) is 35.3 Å². The van der Waals surface area contributed by atoms with E-state index in [-0.39, 0.29) is 29.4 Å². The van der Waals surface area contributed by atoms with Crippen molar-refractivity contribution in [3.05, 3.63) is 51.5 Å². The van der Waals surface area contributed by atoms with E-state index in [2.05, 4.69) is 66.7 Å². The van der Waals surface area contributed by atoms with Crippen LogP contribution in [0, 0.1) is 13.8 Å². The van der Waals surface area contributed by atoms with Crippen LogP contribution in [-0.4, -0.2) is 30.6 Å². The van der Waals surface area contributed by atoms with E-state index in [1.807, 2.05) is 0 Å². The molecule has 26 heavy (non-hydrogen) atoms. The van der Waals surface area contributed by atoms with Crippen molar-refractivity contribution in [2.45, 2.75) is 45.4 Å². The zero-order chi connectivity index (χ0) is 17.7. The van der Waals surface area contributed by atoms with Gasteiger partial charge in [0.1, 0.15) is 0 Å². The lowest BCUT2D eigenvalue weighted by Crippen LogP contribution is -2.39. The minimum atomic E-state index is 0. The highest BCUT2D eigenvalue weighted by molar-refractivity contribution is 14.0. The lowest BCUT2D eigenvalue weighted by molar-refractivity contribution is 0.692. The van der Waals surface area contributed by atoms with Gasteiger partial charge in [-0.2, -0.15) is 0 Å². The minimum absolute atomic E-state index is 0. The molecule has 1 saturated carbocycles. The van der Waals surface area contributed by atoms with Gasteiger partial charge >= 0.3 is 0 Å². The second-order valence-electron chi connectivity index (χ2n) is 6.76. The molecule has 3 rings (SSSR count). The lowest BCUT2D eigenvalue weighted by Gasteiger charge is -2.16. The molecule has 1 heterocycles. The Morgan fingerprint density at radius 3 is 2.50 bits per heavy atom. The summed E-state index contributed by atoms with van der Waals surface area (Å²) in [5, 5.41) is 7.99. The predicted molar refractivity (Wildman–Crippen MR) is 122 cm³/mol. The average Bonchev–Trinajstić information content (AvgIpc) is 3.34. The van der Waals surface area contributed by atoms with Crippen LogP contribution in [0.2, 0.25) is 0 Å². The van der Waals surface area contributed by atoms with E-state index < -0.39 is 0 Å². The van der Waals surface area contributed by atoms with Crippen LogP contribution in [0.4, 0.5) is 0 Å². The summed E-state index contributed by atoms with van der Waals surface area (Å²) in [6.45, 7) is 8.88. The number of halogens is 1. The maximum Gasteiger partial charge on any atom is 0.191 e. The van der Waals surface area contributed by atoms with E-state index in [1.165, 1.54) is 23.3 Å². The van der Waals surface area contributed by atoms with E-state index in [0.29, 0.717) is 0 Å². The zero-order valence-corrected chi connectivity index (χ0v) is 19.0. The van der Waals surface area contributed by atoms with Crippen LogP contribution in [0.5, 0.6) is 0 Å². The fraction of sp³-hybridized carbons (Fsp3) is 0.500. The SMILES string of the molecule is CCNC(=NCC1(c2ccccc2)CC1)NCCc1sc(C)nc1C.I. The Morgan fingerprint density at radius 2 is 1.92 bits per heavy atom. The molecule has 0 bridgehead atoms. The van der Waals surface area contributed by atoms with Gasteiger partial charge in [0, 0.05) is 29.8 Å². The molecule has 1 aliphatic carbocycles. The van der Waals surface area contributed by atoms with Gasteiger partial charge in [-0.25, -0.2) is 4.98 Å². The summed E-state index contributed by atoms with van der Waals surface area (Å²) in [5.41, 5.74) is 2.84. The molecule has 1 fully saturated rings. The van der Waals surface area contributed by atoms with Crippen molar-refractivity contribution in [3.63, 3.8) is 0 Å². The Kier molecular flexibility index (Phi) is 7.88. The molecular weight excluding hydrogens is 455 g/mol. The molecule has 0 saturated heterocycles. The fourth-order valence-electron chi connectivity index (χ4n) is 3.15. The van der Waals surface area contributed by atoms with Crippen molar-refractivity contribution in [1.82, 2.24) is 15.6 Å². The standard InChI is InChI=1S/C20H28N4S.HI/c1-4-21-19(22-13-10-18-15(2)24-16(3)25-18)23-14-20(11-12-20)17-8-6-5-7-9-17;/h5-9H,4,10-14H2,1-3H3,(H2,21,22,23);1H. The van der Waals surface area contributed by atoms with E-state index in [9.17, 15) is 0 Å². The average molecular weight is 484 g/mol. The van der Waals surface area contributed by atoms with Crippen LogP contribution in [0.25, 0.3) is 0 Å². The van der Waals surface area contributed by atoms with Crippen molar-refractivity contribution in [2.75, 3.05) is 19.6 Å². The molecule has 2 aromatic rings. The topological polar surface area (TPSA) is 49.3 Å². The van der Waals surface area contributed by atoms with Crippen LogP contribution in [-0.2, 0) is 11.8 Å². The predicted octanol–water partition coefficient (Wildman–Crippen LogP) is 4.21.